The summed E-state index contributed by atoms with van der Waals surface area (Å²) in [6.07, 6.45) is 3.68. The number of allylic oxidation sites excluding steroid dienone is 3. The van der Waals surface area contributed by atoms with Gasteiger partial charge in [-0.2, -0.15) is 0 Å². The first-order valence-corrected chi connectivity index (χ1v) is 5.80. The highest BCUT2D eigenvalue weighted by molar-refractivity contribution is 5.71. The Morgan fingerprint density at radius 1 is 1.16 bits per heavy atom. The predicted octanol–water partition coefficient (Wildman–Crippen LogP) is 3.72. The molecule has 0 amide bonds. The molecule has 2 rings (SSSR count). The van der Waals surface area contributed by atoms with Gasteiger partial charge >= 0.3 is 0 Å². The molecule has 0 aromatic heterocycles. The number of hydrogen-bond donors (Lipinski definition) is 0. The van der Waals surface area contributed by atoms with Crippen LogP contribution in [0.3, 0.4) is 0 Å². The second kappa shape index (κ2) is 4.88. The quantitative estimate of drug-likeness (QED) is 0.806. The van der Waals surface area contributed by atoms with Crippen LogP contribution in [0.25, 0.3) is 5.70 Å². The summed E-state index contributed by atoms with van der Waals surface area (Å²) in [6.45, 7) is 5.87. The highest BCUT2D eigenvalue weighted by Crippen LogP contribution is 2.32. The predicted molar refractivity (Wildman–Crippen MR) is 71.5 cm³/mol. The SMILES string of the molecule is C=C1C(C)=CC=C(c2cc(F)c(OC)c(F)c2)N1C. The summed E-state index contributed by atoms with van der Waals surface area (Å²) in [7, 11) is 3.05. The Balaban J connectivity index is 2.52. The number of nitrogens with zero attached hydrogens (tertiary/aromatic N) is 1. The molecule has 0 aliphatic carbocycles. The van der Waals surface area contributed by atoms with E-state index in [9.17, 15) is 8.78 Å². The zero-order valence-electron chi connectivity index (χ0n) is 11.1. The number of halogens is 2. The van der Waals surface area contributed by atoms with E-state index < -0.39 is 11.6 Å². The van der Waals surface area contributed by atoms with Crippen molar-refractivity contribution in [2.75, 3.05) is 14.2 Å². The van der Waals surface area contributed by atoms with E-state index in [1.54, 1.807) is 4.90 Å². The van der Waals surface area contributed by atoms with Crippen molar-refractivity contribution in [1.82, 2.24) is 4.90 Å². The van der Waals surface area contributed by atoms with Crippen molar-refractivity contribution in [1.29, 1.82) is 0 Å². The first-order valence-electron chi connectivity index (χ1n) is 5.80. The first-order chi connectivity index (χ1) is 8.95. The van der Waals surface area contributed by atoms with E-state index in [4.69, 9.17) is 0 Å². The number of likely N-dealkylation sites (N-methyl/N-ethyl adjacent to an activating group) is 1. The zero-order chi connectivity index (χ0) is 14.2. The molecule has 2 nitrogen and oxygen atoms in total. The number of benzene rings is 1. The molecule has 1 heterocycles. The molecule has 0 saturated carbocycles. The summed E-state index contributed by atoms with van der Waals surface area (Å²) < 4.78 is 32.1. The molecule has 0 atom stereocenters. The van der Waals surface area contributed by atoms with Gasteiger partial charge in [0.1, 0.15) is 0 Å². The van der Waals surface area contributed by atoms with Crippen molar-refractivity contribution < 1.29 is 13.5 Å². The lowest BCUT2D eigenvalue weighted by atomic mass is 10.0. The Morgan fingerprint density at radius 3 is 2.26 bits per heavy atom. The van der Waals surface area contributed by atoms with Crippen LogP contribution in [0.5, 0.6) is 5.75 Å². The maximum absolute atomic E-state index is 13.7. The van der Waals surface area contributed by atoms with Crippen LogP contribution in [0, 0.1) is 11.6 Å². The highest BCUT2D eigenvalue weighted by Gasteiger charge is 2.19. The fraction of sp³-hybridized carbons (Fsp3) is 0.200. The molecule has 4 heteroatoms. The second-order valence-corrected chi connectivity index (χ2v) is 4.38. The lowest BCUT2D eigenvalue weighted by Gasteiger charge is -2.28. The summed E-state index contributed by atoms with van der Waals surface area (Å²) in [6, 6.07) is 2.51. The summed E-state index contributed by atoms with van der Waals surface area (Å²) >= 11 is 0. The zero-order valence-corrected chi connectivity index (χ0v) is 11.1. The van der Waals surface area contributed by atoms with Gasteiger partial charge in [-0.1, -0.05) is 12.7 Å². The van der Waals surface area contributed by atoms with Gasteiger partial charge in [-0.3, -0.25) is 0 Å². The van der Waals surface area contributed by atoms with E-state index in [0.29, 0.717) is 11.3 Å². The van der Waals surface area contributed by atoms with Crippen LogP contribution in [0.15, 0.2) is 42.1 Å². The maximum atomic E-state index is 13.7. The average molecular weight is 263 g/mol. The fourth-order valence-electron chi connectivity index (χ4n) is 2.01. The summed E-state index contributed by atoms with van der Waals surface area (Å²) in [4.78, 5) is 1.80. The summed E-state index contributed by atoms with van der Waals surface area (Å²) in [5.74, 6) is -1.80. The fourth-order valence-corrected chi connectivity index (χ4v) is 2.01. The van der Waals surface area contributed by atoms with Crippen LogP contribution >= 0.6 is 0 Å². The molecular formula is C15H15F2NO. The van der Waals surface area contributed by atoms with Gasteiger partial charge in [-0.15, -0.1) is 0 Å². The Morgan fingerprint density at radius 2 is 1.74 bits per heavy atom. The second-order valence-electron chi connectivity index (χ2n) is 4.38. The minimum atomic E-state index is -0.719. The van der Waals surface area contributed by atoms with Crippen LogP contribution in [0.2, 0.25) is 0 Å². The molecule has 1 aromatic carbocycles. The monoisotopic (exact) mass is 263 g/mol. The minimum absolute atomic E-state index is 0.367. The average Bonchev–Trinajstić information content (AvgIpc) is 2.35. The van der Waals surface area contributed by atoms with Crippen LogP contribution in [0.4, 0.5) is 8.78 Å². The third-order valence-corrected chi connectivity index (χ3v) is 3.21. The van der Waals surface area contributed by atoms with E-state index in [-0.39, 0.29) is 5.75 Å². The van der Waals surface area contributed by atoms with Gasteiger partial charge in [-0.05, 0) is 30.7 Å². The van der Waals surface area contributed by atoms with Gasteiger partial charge in [0.2, 0.25) is 0 Å². The molecule has 0 bridgehead atoms. The lowest BCUT2D eigenvalue weighted by molar-refractivity contribution is 0.359. The number of rotatable bonds is 2. The smallest absolute Gasteiger partial charge is 0.190 e. The van der Waals surface area contributed by atoms with Crippen molar-refractivity contribution in [2.24, 2.45) is 0 Å². The molecule has 1 aliphatic heterocycles. The third-order valence-electron chi connectivity index (χ3n) is 3.21. The van der Waals surface area contributed by atoms with E-state index in [1.807, 2.05) is 26.1 Å². The third kappa shape index (κ3) is 2.26. The Kier molecular flexibility index (Phi) is 3.42. The summed E-state index contributed by atoms with van der Waals surface area (Å²) in [5.41, 5.74) is 2.95. The van der Waals surface area contributed by atoms with Gasteiger partial charge < -0.3 is 9.64 Å². The molecule has 19 heavy (non-hydrogen) atoms. The number of methoxy groups -OCH3 is 1. The lowest BCUT2D eigenvalue weighted by Crippen LogP contribution is -2.19. The van der Waals surface area contributed by atoms with E-state index in [2.05, 4.69) is 11.3 Å². The molecule has 0 fully saturated rings. The number of hydrogen-bond acceptors (Lipinski definition) is 2. The molecule has 0 radical (unpaired) electrons. The van der Waals surface area contributed by atoms with E-state index in [1.165, 1.54) is 19.2 Å². The molecule has 100 valence electrons. The van der Waals surface area contributed by atoms with Crippen LogP contribution in [0.1, 0.15) is 12.5 Å². The standard InChI is InChI=1S/C15H15F2NO/c1-9-5-6-14(18(3)10(9)2)11-7-12(16)15(19-4)13(17)8-11/h5-8H,2H2,1,3-4H3. The van der Waals surface area contributed by atoms with Gasteiger partial charge in [0.25, 0.3) is 0 Å². The Hall–Kier alpha value is -2.10. The van der Waals surface area contributed by atoms with Crippen molar-refractivity contribution in [3.8, 4) is 5.75 Å². The van der Waals surface area contributed by atoms with Crippen molar-refractivity contribution in [3.05, 3.63) is 59.3 Å². The Labute approximate surface area is 111 Å². The number of ether oxygens (including phenoxy) is 1. The maximum Gasteiger partial charge on any atom is 0.190 e. The van der Waals surface area contributed by atoms with Crippen LogP contribution in [-0.4, -0.2) is 19.1 Å². The molecular weight excluding hydrogens is 248 g/mol. The summed E-state index contributed by atoms with van der Waals surface area (Å²) in [5, 5.41) is 0. The molecule has 0 spiro atoms. The molecule has 0 unspecified atom stereocenters. The normalized spacial score (nSPS) is 15.2. The first kappa shape index (κ1) is 13.3. The van der Waals surface area contributed by atoms with Crippen LogP contribution in [-0.2, 0) is 0 Å². The highest BCUT2D eigenvalue weighted by atomic mass is 19.1. The topological polar surface area (TPSA) is 12.5 Å². The van der Waals surface area contributed by atoms with Crippen molar-refractivity contribution >= 4 is 5.70 Å². The van der Waals surface area contributed by atoms with Gasteiger partial charge in [-0.25, -0.2) is 8.78 Å². The minimum Gasteiger partial charge on any atom is -0.491 e. The molecule has 1 aromatic rings. The van der Waals surface area contributed by atoms with Gasteiger partial charge in [0.05, 0.1) is 7.11 Å². The van der Waals surface area contributed by atoms with Gasteiger partial charge in [0.15, 0.2) is 17.4 Å². The van der Waals surface area contributed by atoms with Crippen molar-refractivity contribution in [3.63, 3.8) is 0 Å². The van der Waals surface area contributed by atoms with E-state index >= 15 is 0 Å². The van der Waals surface area contributed by atoms with E-state index in [0.717, 1.165) is 11.3 Å². The van der Waals surface area contributed by atoms with Crippen LogP contribution < -0.4 is 4.74 Å². The van der Waals surface area contributed by atoms with Gasteiger partial charge in [0, 0.05) is 24.0 Å². The molecule has 1 aliphatic rings. The van der Waals surface area contributed by atoms with Crippen molar-refractivity contribution in [2.45, 2.75) is 6.92 Å². The molecule has 0 saturated heterocycles. The Bertz CT molecular complexity index is 579. The largest absolute Gasteiger partial charge is 0.491 e. The molecule has 0 N–H and O–H groups in total.